The molecule has 1 nitrogen and oxygen atoms in total. The number of alkyl halides is 2. The van der Waals surface area contributed by atoms with Gasteiger partial charge in [-0.3, -0.25) is 0 Å². The van der Waals surface area contributed by atoms with E-state index in [-0.39, 0.29) is 0 Å². The van der Waals surface area contributed by atoms with Crippen molar-refractivity contribution in [1.82, 2.24) is 5.32 Å². The van der Waals surface area contributed by atoms with Crippen LogP contribution in [-0.2, 0) is 0 Å². The summed E-state index contributed by atoms with van der Waals surface area (Å²) in [5, 5.41) is 3.58. The zero-order valence-electron chi connectivity index (χ0n) is 5.24. The average Bonchev–Trinajstić information content (AvgIpc) is 1.90. The first-order valence-corrected chi connectivity index (χ1v) is 4.23. The Bertz CT molecular complexity index is 79.1. The fourth-order valence-electron chi connectivity index (χ4n) is 1.01. The minimum atomic E-state index is 0.324. The lowest BCUT2D eigenvalue weighted by atomic mass is 10.1. The smallest absolute Gasteiger partial charge is 0.0461 e. The van der Waals surface area contributed by atoms with Crippen molar-refractivity contribution in [2.75, 3.05) is 12.4 Å². The Morgan fingerprint density at radius 1 is 1.44 bits per heavy atom. The summed E-state index contributed by atoms with van der Waals surface area (Å²) in [6, 6.07) is 0.502. The molecule has 9 heavy (non-hydrogen) atoms. The van der Waals surface area contributed by atoms with Crippen molar-refractivity contribution in [2.24, 2.45) is 0 Å². The van der Waals surface area contributed by atoms with Gasteiger partial charge < -0.3 is 5.32 Å². The molecule has 1 saturated heterocycles. The number of halogens is 2. The molecule has 0 bridgehead atoms. The van der Waals surface area contributed by atoms with Gasteiger partial charge in [-0.15, -0.1) is 23.2 Å². The van der Waals surface area contributed by atoms with Crippen LogP contribution >= 0.6 is 23.2 Å². The Kier molecular flexibility index (Phi) is 3.10. The van der Waals surface area contributed by atoms with E-state index in [1.165, 1.54) is 0 Å². The van der Waals surface area contributed by atoms with Crippen LogP contribution in [0.25, 0.3) is 0 Å². The quantitative estimate of drug-likeness (QED) is 0.586. The molecular formula is C6H11Cl2N. The van der Waals surface area contributed by atoms with Gasteiger partial charge >= 0.3 is 0 Å². The highest BCUT2D eigenvalue weighted by molar-refractivity contribution is 6.21. The van der Waals surface area contributed by atoms with Crippen LogP contribution in [0.4, 0.5) is 0 Å². The molecule has 0 saturated carbocycles. The van der Waals surface area contributed by atoms with Gasteiger partial charge in [0.25, 0.3) is 0 Å². The van der Waals surface area contributed by atoms with E-state index in [0.29, 0.717) is 17.3 Å². The van der Waals surface area contributed by atoms with Crippen LogP contribution in [0.1, 0.15) is 12.8 Å². The van der Waals surface area contributed by atoms with E-state index in [2.05, 4.69) is 5.32 Å². The lowest BCUT2D eigenvalue weighted by Crippen LogP contribution is -2.40. The Morgan fingerprint density at radius 3 is 2.67 bits per heavy atom. The van der Waals surface area contributed by atoms with Gasteiger partial charge in [0.2, 0.25) is 0 Å². The minimum absolute atomic E-state index is 0.324. The molecule has 2 atom stereocenters. The van der Waals surface area contributed by atoms with E-state index in [1.54, 1.807) is 0 Å². The van der Waals surface area contributed by atoms with Gasteiger partial charge in [0, 0.05) is 23.8 Å². The van der Waals surface area contributed by atoms with Gasteiger partial charge in [0.05, 0.1) is 0 Å². The maximum atomic E-state index is 5.83. The minimum Gasteiger partial charge on any atom is -0.311 e. The van der Waals surface area contributed by atoms with Crippen molar-refractivity contribution in [3.63, 3.8) is 0 Å². The standard InChI is InChI=1S/C6H11Cl2N/c7-3-6-2-1-5(8)4-9-6/h5-6,9H,1-4H2. The number of nitrogens with one attached hydrogen (secondary N) is 1. The van der Waals surface area contributed by atoms with Crippen molar-refractivity contribution in [1.29, 1.82) is 0 Å². The largest absolute Gasteiger partial charge is 0.311 e. The first-order valence-electron chi connectivity index (χ1n) is 3.26. The molecule has 1 heterocycles. The third-order valence-electron chi connectivity index (χ3n) is 1.64. The molecule has 1 aliphatic heterocycles. The maximum Gasteiger partial charge on any atom is 0.0461 e. The lowest BCUT2D eigenvalue weighted by molar-refractivity contribution is 0.433. The van der Waals surface area contributed by atoms with Crippen LogP contribution in [0.2, 0.25) is 0 Å². The summed E-state index contributed by atoms with van der Waals surface area (Å²) < 4.78 is 0. The highest BCUT2D eigenvalue weighted by Gasteiger charge is 2.16. The zero-order chi connectivity index (χ0) is 6.69. The first kappa shape index (κ1) is 7.64. The number of rotatable bonds is 1. The van der Waals surface area contributed by atoms with Crippen LogP contribution in [0.5, 0.6) is 0 Å². The van der Waals surface area contributed by atoms with Crippen LogP contribution in [-0.4, -0.2) is 23.8 Å². The predicted octanol–water partition coefficient (Wildman–Crippen LogP) is 1.58. The number of hydrogen-bond acceptors (Lipinski definition) is 1. The summed E-state index contributed by atoms with van der Waals surface area (Å²) in [5.74, 6) is 0.712. The van der Waals surface area contributed by atoms with Gasteiger partial charge in [-0.05, 0) is 12.8 Å². The molecule has 0 aromatic heterocycles. The Balaban J connectivity index is 2.18. The summed E-state index contributed by atoms with van der Waals surface area (Å²) in [7, 11) is 0. The maximum absolute atomic E-state index is 5.83. The lowest BCUT2D eigenvalue weighted by Gasteiger charge is -2.24. The van der Waals surface area contributed by atoms with Crippen molar-refractivity contribution in [2.45, 2.75) is 24.3 Å². The van der Waals surface area contributed by atoms with Gasteiger partial charge in [-0.1, -0.05) is 0 Å². The second kappa shape index (κ2) is 3.65. The van der Waals surface area contributed by atoms with Gasteiger partial charge in [-0.25, -0.2) is 0 Å². The Labute approximate surface area is 65.7 Å². The molecule has 0 aliphatic carbocycles. The number of piperidine rings is 1. The van der Waals surface area contributed by atoms with Crippen LogP contribution < -0.4 is 5.32 Å². The van der Waals surface area contributed by atoms with Gasteiger partial charge in [-0.2, -0.15) is 0 Å². The molecule has 1 N–H and O–H groups in total. The van der Waals surface area contributed by atoms with Gasteiger partial charge in [0.1, 0.15) is 0 Å². The monoisotopic (exact) mass is 167 g/mol. The molecule has 1 fully saturated rings. The first-order chi connectivity index (χ1) is 4.33. The van der Waals surface area contributed by atoms with E-state index < -0.39 is 0 Å². The molecule has 1 rings (SSSR count). The van der Waals surface area contributed by atoms with Crippen LogP contribution in [0.15, 0.2) is 0 Å². The fourth-order valence-corrected chi connectivity index (χ4v) is 1.49. The summed E-state index contributed by atoms with van der Waals surface area (Å²) >= 11 is 11.5. The highest BCUT2D eigenvalue weighted by Crippen LogP contribution is 2.13. The normalized spacial score (nSPS) is 36.7. The molecule has 1 aliphatic rings. The summed E-state index contributed by atoms with van der Waals surface area (Å²) in [6.45, 7) is 0.916. The van der Waals surface area contributed by atoms with Crippen molar-refractivity contribution >= 4 is 23.2 Å². The third-order valence-corrected chi connectivity index (χ3v) is 2.39. The molecule has 0 amide bonds. The Morgan fingerprint density at radius 2 is 2.22 bits per heavy atom. The van der Waals surface area contributed by atoms with Crippen molar-refractivity contribution in [3.05, 3.63) is 0 Å². The summed E-state index contributed by atoms with van der Waals surface area (Å²) in [6.07, 6.45) is 2.23. The molecule has 0 aromatic carbocycles. The predicted molar refractivity (Wildman–Crippen MR) is 41.4 cm³/mol. The molecule has 3 heteroatoms. The van der Waals surface area contributed by atoms with E-state index in [1.807, 2.05) is 0 Å². The third kappa shape index (κ3) is 2.32. The summed E-state index contributed by atoms with van der Waals surface area (Å²) in [5.41, 5.74) is 0. The van der Waals surface area contributed by atoms with Crippen molar-refractivity contribution in [3.8, 4) is 0 Å². The summed E-state index contributed by atoms with van der Waals surface area (Å²) in [4.78, 5) is 0. The highest BCUT2D eigenvalue weighted by atomic mass is 35.5. The SMILES string of the molecule is ClCC1CCC(Cl)CN1. The average molecular weight is 168 g/mol. The molecule has 2 unspecified atom stereocenters. The fraction of sp³-hybridized carbons (Fsp3) is 1.00. The van der Waals surface area contributed by atoms with E-state index >= 15 is 0 Å². The zero-order valence-corrected chi connectivity index (χ0v) is 6.75. The van der Waals surface area contributed by atoms with E-state index in [4.69, 9.17) is 23.2 Å². The second-order valence-electron chi connectivity index (χ2n) is 2.43. The number of hydrogen-bond donors (Lipinski definition) is 1. The van der Waals surface area contributed by atoms with Crippen molar-refractivity contribution < 1.29 is 0 Å². The molecule has 0 aromatic rings. The topological polar surface area (TPSA) is 12.0 Å². The Hall–Kier alpha value is 0.540. The van der Waals surface area contributed by atoms with Gasteiger partial charge in [0.15, 0.2) is 0 Å². The molecule has 54 valence electrons. The van der Waals surface area contributed by atoms with Crippen LogP contribution in [0.3, 0.4) is 0 Å². The van der Waals surface area contributed by atoms with E-state index in [0.717, 1.165) is 19.4 Å². The molecular weight excluding hydrogens is 157 g/mol. The molecule has 0 spiro atoms. The second-order valence-corrected chi connectivity index (χ2v) is 3.36. The molecule has 0 radical (unpaired) electrons. The van der Waals surface area contributed by atoms with Crippen LogP contribution in [0, 0.1) is 0 Å². The van der Waals surface area contributed by atoms with E-state index in [9.17, 15) is 0 Å².